The molecule has 0 bridgehead atoms. The molecule has 0 aliphatic carbocycles. The van der Waals surface area contributed by atoms with Gasteiger partial charge in [-0.1, -0.05) is 12.1 Å². The van der Waals surface area contributed by atoms with Crippen molar-refractivity contribution in [3.63, 3.8) is 0 Å². The molecule has 2 aromatic heterocycles. The second-order valence-electron chi connectivity index (χ2n) is 6.65. The number of pyridine rings is 1. The third-order valence-electron chi connectivity index (χ3n) is 4.88. The lowest BCUT2D eigenvalue weighted by Crippen LogP contribution is -2.42. The number of aromatic nitrogens is 3. The molecule has 0 atom stereocenters. The lowest BCUT2D eigenvalue weighted by molar-refractivity contribution is -0.126. The lowest BCUT2D eigenvalue weighted by Gasteiger charge is -2.30. The Morgan fingerprint density at radius 2 is 2.00 bits per heavy atom. The fourth-order valence-corrected chi connectivity index (χ4v) is 4.93. The number of piperidine rings is 1. The summed E-state index contributed by atoms with van der Waals surface area (Å²) in [7, 11) is -3.73. The van der Waals surface area contributed by atoms with Crippen LogP contribution in [0.1, 0.15) is 18.4 Å². The van der Waals surface area contributed by atoms with Crippen LogP contribution in [0.15, 0.2) is 52.3 Å². The first-order chi connectivity index (χ1) is 13.6. The smallest absolute Gasteiger partial charge is 0.245 e. The van der Waals surface area contributed by atoms with Crippen molar-refractivity contribution < 1.29 is 17.8 Å². The maximum atomic E-state index is 13.0. The molecule has 9 nitrogen and oxygen atoms in total. The van der Waals surface area contributed by atoms with Crippen LogP contribution in [-0.2, 0) is 21.4 Å². The Kier molecular flexibility index (Phi) is 5.05. The van der Waals surface area contributed by atoms with Crippen molar-refractivity contribution >= 4 is 27.0 Å². The highest BCUT2D eigenvalue weighted by Gasteiger charge is 2.33. The molecule has 1 aromatic carbocycles. The molecule has 10 heteroatoms. The predicted molar refractivity (Wildman–Crippen MR) is 99.4 cm³/mol. The summed E-state index contributed by atoms with van der Waals surface area (Å²) in [6.07, 6.45) is 4.31. The zero-order valence-corrected chi connectivity index (χ0v) is 15.8. The minimum Gasteiger partial charge on any atom is -0.352 e. The van der Waals surface area contributed by atoms with Crippen LogP contribution in [0.5, 0.6) is 0 Å². The Hall–Kier alpha value is -2.85. The third kappa shape index (κ3) is 3.60. The summed E-state index contributed by atoms with van der Waals surface area (Å²) in [5.41, 5.74) is 1.54. The van der Waals surface area contributed by atoms with Crippen molar-refractivity contribution in [2.75, 3.05) is 13.1 Å². The minimum atomic E-state index is -3.73. The minimum absolute atomic E-state index is 0.0660. The molecular weight excluding hydrogens is 382 g/mol. The SMILES string of the molecule is O=C(NCc1cccnc1)C1CCN(S(=O)(=O)c2cccc3nonc23)CC1. The van der Waals surface area contributed by atoms with Gasteiger partial charge in [-0.2, -0.15) is 4.31 Å². The molecule has 28 heavy (non-hydrogen) atoms. The quantitative estimate of drug-likeness (QED) is 0.685. The van der Waals surface area contributed by atoms with Crippen LogP contribution in [0.4, 0.5) is 0 Å². The number of rotatable bonds is 5. The molecule has 1 saturated heterocycles. The lowest BCUT2D eigenvalue weighted by atomic mass is 9.97. The molecule has 0 spiro atoms. The largest absolute Gasteiger partial charge is 0.352 e. The number of nitrogens with zero attached hydrogens (tertiary/aromatic N) is 4. The van der Waals surface area contributed by atoms with E-state index in [1.807, 2.05) is 12.1 Å². The molecule has 1 N–H and O–H groups in total. The molecule has 1 fully saturated rings. The van der Waals surface area contributed by atoms with Crippen molar-refractivity contribution in [3.05, 3.63) is 48.3 Å². The zero-order valence-electron chi connectivity index (χ0n) is 15.0. The maximum Gasteiger partial charge on any atom is 0.245 e. The number of sulfonamides is 1. The van der Waals surface area contributed by atoms with Crippen molar-refractivity contribution in [2.45, 2.75) is 24.3 Å². The number of hydrogen-bond acceptors (Lipinski definition) is 7. The van der Waals surface area contributed by atoms with Crippen LogP contribution in [0.25, 0.3) is 11.0 Å². The average Bonchev–Trinajstić information content (AvgIpc) is 3.21. The average molecular weight is 401 g/mol. The van der Waals surface area contributed by atoms with Crippen LogP contribution >= 0.6 is 0 Å². The van der Waals surface area contributed by atoms with E-state index >= 15 is 0 Å². The summed E-state index contributed by atoms with van der Waals surface area (Å²) in [5.74, 6) is -0.281. The van der Waals surface area contributed by atoms with E-state index in [2.05, 4.69) is 25.2 Å². The van der Waals surface area contributed by atoms with Gasteiger partial charge in [-0.15, -0.1) is 0 Å². The second-order valence-corrected chi connectivity index (χ2v) is 8.55. The Morgan fingerprint density at radius 1 is 1.18 bits per heavy atom. The van der Waals surface area contributed by atoms with Crippen molar-refractivity contribution in [3.8, 4) is 0 Å². The van der Waals surface area contributed by atoms with Crippen LogP contribution in [0, 0.1) is 5.92 Å². The molecule has 3 heterocycles. The number of carbonyl (C=O) groups excluding carboxylic acids is 1. The first-order valence-electron chi connectivity index (χ1n) is 8.94. The molecule has 0 radical (unpaired) electrons. The van der Waals surface area contributed by atoms with Crippen LogP contribution in [-0.4, -0.2) is 47.0 Å². The molecule has 0 saturated carbocycles. The summed E-state index contributed by atoms with van der Waals surface area (Å²) in [6.45, 7) is 0.955. The van der Waals surface area contributed by atoms with Gasteiger partial charge in [0, 0.05) is 37.9 Å². The Bertz CT molecular complexity index is 1080. The van der Waals surface area contributed by atoms with E-state index in [0.29, 0.717) is 24.9 Å². The maximum absolute atomic E-state index is 13.0. The van der Waals surface area contributed by atoms with E-state index in [9.17, 15) is 13.2 Å². The van der Waals surface area contributed by atoms with Crippen molar-refractivity contribution in [1.29, 1.82) is 0 Å². The van der Waals surface area contributed by atoms with E-state index in [-0.39, 0.29) is 35.3 Å². The molecule has 146 valence electrons. The summed E-state index contributed by atoms with van der Waals surface area (Å²) in [6, 6.07) is 8.45. The van der Waals surface area contributed by atoms with Gasteiger partial charge in [0.25, 0.3) is 0 Å². The fourth-order valence-electron chi connectivity index (χ4n) is 3.32. The fraction of sp³-hybridized carbons (Fsp3) is 0.333. The van der Waals surface area contributed by atoms with Gasteiger partial charge in [0.2, 0.25) is 15.9 Å². The molecule has 1 aliphatic heterocycles. The molecule has 4 rings (SSSR count). The van der Waals surface area contributed by atoms with Gasteiger partial charge < -0.3 is 5.32 Å². The molecular formula is C18H19N5O4S. The first-order valence-corrected chi connectivity index (χ1v) is 10.4. The number of benzene rings is 1. The normalized spacial score (nSPS) is 16.3. The highest BCUT2D eigenvalue weighted by Crippen LogP contribution is 2.27. The molecule has 1 amide bonds. The van der Waals surface area contributed by atoms with Crippen LogP contribution < -0.4 is 5.32 Å². The van der Waals surface area contributed by atoms with Crippen molar-refractivity contribution in [1.82, 2.24) is 24.9 Å². The van der Waals surface area contributed by atoms with Gasteiger partial charge in [-0.25, -0.2) is 13.0 Å². The van der Waals surface area contributed by atoms with E-state index in [4.69, 9.17) is 0 Å². The van der Waals surface area contributed by atoms with Gasteiger partial charge in [0.15, 0.2) is 5.52 Å². The molecule has 1 aliphatic rings. The summed E-state index contributed by atoms with van der Waals surface area (Å²) >= 11 is 0. The van der Waals surface area contributed by atoms with Gasteiger partial charge in [0.05, 0.1) is 0 Å². The number of carbonyl (C=O) groups is 1. The Balaban J connectivity index is 1.39. The molecule has 3 aromatic rings. The standard InChI is InChI=1S/C18H19N5O4S/c24-18(20-12-13-3-2-8-19-11-13)14-6-9-23(10-7-14)28(25,26)16-5-1-4-15-17(16)22-27-21-15/h1-5,8,11,14H,6-7,9-10,12H2,(H,20,24). The highest BCUT2D eigenvalue weighted by molar-refractivity contribution is 7.89. The summed E-state index contributed by atoms with van der Waals surface area (Å²) in [4.78, 5) is 16.5. The monoisotopic (exact) mass is 401 g/mol. The number of amides is 1. The second kappa shape index (κ2) is 7.64. The number of fused-ring (bicyclic) bond motifs is 1. The third-order valence-corrected chi connectivity index (χ3v) is 6.81. The Labute approximate surface area is 161 Å². The van der Waals surface area contributed by atoms with E-state index in [1.54, 1.807) is 24.5 Å². The Morgan fingerprint density at radius 3 is 2.75 bits per heavy atom. The summed E-state index contributed by atoms with van der Waals surface area (Å²) < 4.78 is 32.0. The van der Waals surface area contributed by atoms with E-state index < -0.39 is 10.0 Å². The van der Waals surface area contributed by atoms with Gasteiger partial charge >= 0.3 is 0 Å². The molecule has 0 unspecified atom stereocenters. The van der Waals surface area contributed by atoms with Gasteiger partial charge in [0.1, 0.15) is 10.4 Å². The summed E-state index contributed by atoms with van der Waals surface area (Å²) in [5, 5.41) is 10.3. The number of nitrogens with one attached hydrogen (secondary N) is 1. The predicted octanol–water partition coefficient (Wildman–Crippen LogP) is 1.33. The van der Waals surface area contributed by atoms with Crippen molar-refractivity contribution in [2.24, 2.45) is 5.92 Å². The van der Waals surface area contributed by atoms with E-state index in [0.717, 1.165) is 5.56 Å². The van der Waals surface area contributed by atoms with E-state index in [1.165, 1.54) is 10.4 Å². The topological polar surface area (TPSA) is 118 Å². The van der Waals surface area contributed by atoms with Gasteiger partial charge in [-0.3, -0.25) is 9.78 Å². The number of hydrogen-bond donors (Lipinski definition) is 1. The zero-order chi connectivity index (χ0) is 19.6. The van der Waals surface area contributed by atoms with Crippen LogP contribution in [0.3, 0.4) is 0 Å². The highest BCUT2D eigenvalue weighted by atomic mass is 32.2. The first kappa shape index (κ1) is 18.5. The van der Waals surface area contributed by atoms with Gasteiger partial charge in [-0.05, 0) is 46.9 Å². The van der Waals surface area contributed by atoms with Crippen LogP contribution in [0.2, 0.25) is 0 Å².